The normalized spacial score (nSPS) is 11.4. The summed E-state index contributed by atoms with van der Waals surface area (Å²) >= 11 is 0. The van der Waals surface area contributed by atoms with E-state index in [1.807, 2.05) is 24.3 Å². The van der Waals surface area contributed by atoms with Crippen molar-refractivity contribution in [2.24, 2.45) is 5.10 Å². The summed E-state index contributed by atoms with van der Waals surface area (Å²) < 4.78 is 5.41. The molecule has 0 spiro atoms. The van der Waals surface area contributed by atoms with Crippen LogP contribution < -0.4 is 5.43 Å². The molecule has 0 aliphatic carbocycles. The summed E-state index contributed by atoms with van der Waals surface area (Å²) in [6.07, 6.45) is 3.32. The molecule has 0 atom stereocenters. The zero-order chi connectivity index (χ0) is 18.1. The third kappa shape index (κ3) is 2.80. The Balaban J connectivity index is 1.52. The lowest BCUT2D eigenvalue weighted by Crippen LogP contribution is -2.16. The molecule has 26 heavy (non-hydrogen) atoms. The van der Waals surface area contributed by atoms with E-state index in [0.717, 1.165) is 16.5 Å². The van der Waals surface area contributed by atoms with Crippen molar-refractivity contribution in [2.45, 2.75) is 0 Å². The number of H-pyrrole nitrogens is 1. The third-order valence-corrected chi connectivity index (χ3v) is 3.93. The number of nitrogens with zero attached hydrogens (tertiary/aromatic N) is 2. The maximum Gasteiger partial charge on any atom is 0.307 e. The number of rotatable bonds is 4. The number of aromatic amines is 1. The van der Waals surface area contributed by atoms with Crippen LogP contribution in [0.15, 0.2) is 64.2 Å². The van der Waals surface area contributed by atoms with Gasteiger partial charge in [-0.05, 0) is 18.2 Å². The van der Waals surface area contributed by atoms with Crippen LogP contribution in [0.4, 0.5) is 5.69 Å². The van der Waals surface area contributed by atoms with E-state index in [1.165, 1.54) is 30.5 Å². The van der Waals surface area contributed by atoms with E-state index >= 15 is 0 Å². The van der Waals surface area contributed by atoms with Gasteiger partial charge in [-0.2, -0.15) is 5.10 Å². The van der Waals surface area contributed by atoms with E-state index in [-0.39, 0.29) is 11.4 Å². The molecule has 0 saturated carbocycles. The molecule has 0 radical (unpaired) electrons. The Morgan fingerprint density at radius 1 is 1.23 bits per heavy atom. The number of benzene rings is 2. The van der Waals surface area contributed by atoms with Crippen LogP contribution in [0.3, 0.4) is 0 Å². The number of hydrogen-bond donors (Lipinski definition) is 2. The summed E-state index contributed by atoms with van der Waals surface area (Å²) in [4.78, 5) is 25.6. The summed E-state index contributed by atoms with van der Waals surface area (Å²) in [5, 5.41) is 16.2. The average molecular weight is 348 g/mol. The molecule has 0 fully saturated rings. The zero-order valence-corrected chi connectivity index (χ0v) is 13.3. The van der Waals surface area contributed by atoms with Gasteiger partial charge in [0.05, 0.1) is 11.1 Å². The third-order valence-electron chi connectivity index (χ3n) is 3.93. The molecule has 0 bridgehead atoms. The maximum atomic E-state index is 12.2. The topological polar surface area (TPSA) is 114 Å². The molecule has 1 amide bonds. The number of nitrogens with one attached hydrogen (secondary N) is 2. The number of hydrazone groups is 1. The van der Waals surface area contributed by atoms with Gasteiger partial charge in [-0.25, -0.2) is 5.43 Å². The van der Waals surface area contributed by atoms with Crippen LogP contribution in [0.1, 0.15) is 16.1 Å². The van der Waals surface area contributed by atoms with Crippen molar-refractivity contribution < 1.29 is 14.1 Å². The molecule has 2 N–H and O–H groups in total. The van der Waals surface area contributed by atoms with E-state index in [2.05, 4.69) is 15.5 Å². The Hall–Kier alpha value is -3.94. The SMILES string of the molecule is O=C(N/N=C\c1c[nH]c2ccccc12)c1cc2cc([N+](=O)[O-])ccc2o1. The average Bonchev–Trinajstić information content (AvgIpc) is 3.25. The number of nitro groups is 1. The number of nitro benzene ring substituents is 1. The molecule has 4 rings (SSSR count). The largest absolute Gasteiger partial charge is 0.451 e. The number of non-ortho nitro benzene ring substituents is 1. The van der Waals surface area contributed by atoms with Gasteiger partial charge >= 0.3 is 5.91 Å². The van der Waals surface area contributed by atoms with E-state index < -0.39 is 10.8 Å². The summed E-state index contributed by atoms with van der Waals surface area (Å²) in [5.74, 6) is -0.517. The molecular formula is C18H12N4O4. The number of amides is 1. The lowest BCUT2D eigenvalue weighted by Gasteiger charge is -1.95. The highest BCUT2D eigenvalue weighted by atomic mass is 16.6. The first-order chi connectivity index (χ1) is 12.6. The number of carbonyl (C=O) groups excluding carboxylic acids is 1. The lowest BCUT2D eigenvalue weighted by molar-refractivity contribution is -0.384. The van der Waals surface area contributed by atoms with Crippen LogP contribution in [0, 0.1) is 10.1 Å². The first-order valence-electron chi connectivity index (χ1n) is 7.69. The molecule has 8 nitrogen and oxygen atoms in total. The van der Waals surface area contributed by atoms with Crippen LogP contribution in [0.25, 0.3) is 21.9 Å². The predicted octanol–water partition coefficient (Wildman–Crippen LogP) is 3.59. The first kappa shape index (κ1) is 15.6. The molecule has 2 heterocycles. The highest BCUT2D eigenvalue weighted by Crippen LogP contribution is 2.24. The summed E-state index contributed by atoms with van der Waals surface area (Å²) in [6, 6.07) is 13.3. The van der Waals surface area contributed by atoms with Crippen molar-refractivity contribution in [3.63, 3.8) is 0 Å². The summed E-state index contributed by atoms with van der Waals surface area (Å²) in [5.41, 5.74) is 4.52. The molecule has 0 unspecified atom stereocenters. The van der Waals surface area contributed by atoms with E-state index in [1.54, 1.807) is 6.20 Å². The predicted molar refractivity (Wildman–Crippen MR) is 96.2 cm³/mol. The van der Waals surface area contributed by atoms with Crippen LogP contribution in [-0.4, -0.2) is 22.0 Å². The van der Waals surface area contributed by atoms with Gasteiger partial charge < -0.3 is 9.40 Å². The van der Waals surface area contributed by atoms with Gasteiger partial charge in [0.2, 0.25) is 0 Å². The van der Waals surface area contributed by atoms with Crippen LogP contribution >= 0.6 is 0 Å². The number of furan rings is 1. The van der Waals surface area contributed by atoms with E-state index in [4.69, 9.17) is 4.42 Å². The highest BCUT2D eigenvalue weighted by Gasteiger charge is 2.14. The van der Waals surface area contributed by atoms with Crippen molar-refractivity contribution in [3.05, 3.63) is 76.2 Å². The number of hydrogen-bond acceptors (Lipinski definition) is 5. The zero-order valence-electron chi connectivity index (χ0n) is 13.3. The quantitative estimate of drug-likeness (QED) is 0.333. The minimum atomic E-state index is -0.542. The van der Waals surface area contributed by atoms with Crippen LogP contribution in [0.5, 0.6) is 0 Å². The Morgan fingerprint density at radius 3 is 2.92 bits per heavy atom. The molecule has 0 aliphatic rings. The minimum absolute atomic E-state index is 0.0246. The molecule has 4 aromatic rings. The van der Waals surface area contributed by atoms with Crippen LogP contribution in [-0.2, 0) is 0 Å². The molecule has 0 saturated heterocycles. The maximum absolute atomic E-state index is 12.2. The minimum Gasteiger partial charge on any atom is -0.451 e. The number of para-hydroxylation sites is 1. The van der Waals surface area contributed by atoms with Crippen molar-refractivity contribution in [2.75, 3.05) is 0 Å². The number of fused-ring (bicyclic) bond motifs is 2. The molecule has 128 valence electrons. The standard InChI is InChI=1S/C18H12N4O4/c23-18(17-8-11-7-13(22(24)25)5-6-16(11)26-17)21-20-10-12-9-19-15-4-2-1-3-14(12)15/h1-10,19H,(H,21,23)/b20-10-. The molecule has 8 heteroatoms. The fourth-order valence-electron chi connectivity index (χ4n) is 2.67. The Labute approximate surface area is 146 Å². The number of carbonyl (C=O) groups is 1. The molecular weight excluding hydrogens is 336 g/mol. The van der Waals surface area contributed by atoms with Gasteiger partial charge in [0, 0.05) is 40.2 Å². The second kappa shape index (κ2) is 6.17. The first-order valence-corrected chi connectivity index (χ1v) is 7.69. The fourth-order valence-corrected chi connectivity index (χ4v) is 2.67. The van der Waals surface area contributed by atoms with Gasteiger partial charge in [-0.15, -0.1) is 0 Å². The van der Waals surface area contributed by atoms with E-state index in [0.29, 0.717) is 11.0 Å². The Bertz CT molecular complexity index is 1170. The van der Waals surface area contributed by atoms with Gasteiger partial charge in [0.15, 0.2) is 5.76 Å². The molecule has 2 aromatic heterocycles. The summed E-state index contributed by atoms with van der Waals surface area (Å²) in [6.45, 7) is 0. The second-order valence-corrected chi connectivity index (χ2v) is 5.58. The highest BCUT2D eigenvalue weighted by molar-refractivity contribution is 6.00. The van der Waals surface area contributed by atoms with Crippen molar-refractivity contribution in [1.29, 1.82) is 0 Å². The van der Waals surface area contributed by atoms with E-state index in [9.17, 15) is 14.9 Å². The Kier molecular flexibility index (Phi) is 3.70. The van der Waals surface area contributed by atoms with Crippen molar-refractivity contribution >= 4 is 39.7 Å². The van der Waals surface area contributed by atoms with Crippen LogP contribution in [0.2, 0.25) is 0 Å². The number of aromatic nitrogens is 1. The Morgan fingerprint density at radius 2 is 2.08 bits per heavy atom. The smallest absolute Gasteiger partial charge is 0.307 e. The summed E-state index contributed by atoms with van der Waals surface area (Å²) in [7, 11) is 0. The van der Waals surface area contributed by atoms with Gasteiger partial charge in [0.1, 0.15) is 5.58 Å². The van der Waals surface area contributed by atoms with Crippen molar-refractivity contribution in [3.8, 4) is 0 Å². The fraction of sp³-hybridized carbons (Fsp3) is 0. The van der Waals surface area contributed by atoms with Crippen molar-refractivity contribution in [1.82, 2.24) is 10.4 Å². The molecule has 2 aromatic carbocycles. The second-order valence-electron chi connectivity index (χ2n) is 5.58. The van der Waals surface area contributed by atoms with Gasteiger partial charge in [0.25, 0.3) is 5.69 Å². The van der Waals surface area contributed by atoms with Gasteiger partial charge in [-0.1, -0.05) is 18.2 Å². The molecule has 0 aliphatic heterocycles. The van der Waals surface area contributed by atoms with Gasteiger partial charge in [-0.3, -0.25) is 14.9 Å². The lowest BCUT2D eigenvalue weighted by atomic mass is 10.2. The monoisotopic (exact) mass is 348 g/mol.